The summed E-state index contributed by atoms with van der Waals surface area (Å²) in [5.41, 5.74) is 0. The van der Waals surface area contributed by atoms with Gasteiger partial charge < -0.3 is 20.3 Å². The highest BCUT2D eigenvalue weighted by Crippen LogP contribution is 2.12. The summed E-state index contributed by atoms with van der Waals surface area (Å²) in [6.45, 7) is 0.262. The maximum absolute atomic E-state index is 11.5. The predicted molar refractivity (Wildman–Crippen MR) is 50.2 cm³/mol. The molecule has 0 aromatic rings. The van der Waals surface area contributed by atoms with Gasteiger partial charge in [-0.15, -0.1) is 0 Å². The number of carboxylic acid groups (broad SMARTS) is 1. The van der Waals surface area contributed by atoms with E-state index in [0.717, 1.165) is 6.42 Å². The van der Waals surface area contributed by atoms with Crippen LogP contribution in [0.2, 0.25) is 0 Å². The lowest BCUT2D eigenvalue weighted by Crippen LogP contribution is -2.45. The molecule has 1 saturated heterocycles. The lowest BCUT2D eigenvalue weighted by Gasteiger charge is -2.15. The largest absolute Gasteiger partial charge is 0.480 e. The van der Waals surface area contributed by atoms with Crippen LogP contribution in [0.15, 0.2) is 0 Å². The summed E-state index contributed by atoms with van der Waals surface area (Å²) in [4.78, 5) is 22.1. The zero-order chi connectivity index (χ0) is 11.3. The van der Waals surface area contributed by atoms with Crippen molar-refractivity contribution in [2.75, 3.05) is 13.2 Å². The second kappa shape index (κ2) is 5.67. The van der Waals surface area contributed by atoms with Crippen LogP contribution in [0.25, 0.3) is 0 Å². The molecule has 0 bridgehead atoms. The third-order valence-electron chi connectivity index (χ3n) is 2.25. The van der Waals surface area contributed by atoms with Crippen LogP contribution in [-0.4, -0.2) is 47.4 Å². The molecule has 6 heteroatoms. The molecule has 1 fully saturated rings. The number of aliphatic hydroxyl groups excluding tert-OH is 1. The van der Waals surface area contributed by atoms with Crippen LogP contribution in [-0.2, 0) is 14.3 Å². The van der Waals surface area contributed by atoms with Crippen LogP contribution in [0.4, 0.5) is 0 Å². The van der Waals surface area contributed by atoms with Crippen molar-refractivity contribution >= 4 is 11.9 Å². The van der Waals surface area contributed by atoms with Gasteiger partial charge in [-0.25, -0.2) is 4.79 Å². The van der Waals surface area contributed by atoms with Crippen LogP contribution in [0.1, 0.15) is 19.3 Å². The molecule has 1 aliphatic heterocycles. The maximum Gasteiger partial charge on any atom is 0.326 e. The molecule has 0 aliphatic carbocycles. The van der Waals surface area contributed by atoms with E-state index in [1.807, 2.05) is 0 Å². The quantitative estimate of drug-likeness (QED) is 0.555. The van der Waals surface area contributed by atoms with Crippen LogP contribution in [0.3, 0.4) is 0 Å². The summed E-state index contributed by atoms with van der Waals surface area (Å²) in [6.07, 6.45) is 0.909. The van der Waals surface area contributed by atoms with E-state index in [2.05, 4.69) is 5.32 Å². The van der Waals surface area contributed by atoms with E-state index < -0.39 is 24.0 Å². The number of aliphatic hydroxyl groups is 1. The van der Waals surface area contributed by atoms with E-state index in [4.69, 9.17) is 14.9 Å². The molecule has 0 aromatic carbocycles. The van der Waals surface area contributed by atoms with Gasteiger partial charge in [0.05, 0.1) is 0 Å². The fourth-order valence-electron chi connectivity index (χ4n) is 1.44. The highest BCUT2D eigenvalue weighted by atomic mass is 16.5. The number of hydrogen-bond acceptors (Lipinski definition) is 4. The minimum Gasteiger partial charge on any atom is -0.480 e. The number of rotatable bonds is 5. The normalized spacial score (nSPS) is 22.3. The van der Waals surface area contributed by atoms with Crippen LogP contribution < -0.4 is 5.32 Å². The minimum absolute atomic E-state index is 0.00773. The van der Waals surface area contributed by atoms with E-state index in [1.165, 1.54) is 0 Å². The Labute approximate surface area is 87.2 Å². The molecule has 0 aromatic heterocycles. The van der Waals surface area contributed by atoms with Crippen LogP contribution in [0.5, 0.6) is 0 Å². The van der Waals surface area contributed by atoms with Crippen molar-refractivity contribution in [3.8, 4) is 0 Å². The van der Waals surface area contributed by atoms with Gasteiger partial charge in [0, 0.05) is 19.6 Å². The van der Waals surface area contributed by atoms with Crippen LogP contribution in [0, 0.1) is 0 Å². The Morgan fingerprint density at radius 3 is 2.73 bits per heavy atom. The average Bonchev–Trinajstić information content (AvgIpc) is 2.69. The predicted octanol–water partition coefficient (Wildman–Crippen LogP) is -0.883. The standard InChI is InChI=1S/C9H15NO5/c11-4-3-6(9(13)14)10-8(12)7-2-1-5-15-7/h6-7,11H,1-5H2,(H,10,12)(H,13,14)/t6?,7-/m0/s1. The Bertz CT molecular complexity index is 237. The molecule has 2 atom stereocenters. The van der Waals surface area contributed by atoms with E-state index in [-0.39, 0.29) is 13.0 Å². The molecule has 0 saturated carbocycles. The first-order valence-electron chi connectivity index (χ1n) is 4.90. The van der Waals surface area contributed by atoms with Gasteiger partial charge in [-0.2, -0.15) is 0 Å². The molecule has 0 radical (unpaired) electrons. The first-order valence-corrected chi connectivity index (χ1v) is 4.90. The molecule has 1 aliphatic rings. The zero-order valence-electron chi connectivity index (χ0n) is 8.31. The number of ether oxygens (including phenoxy) is 1. The van der Waals surface area contributed by atoms with Crippen molar-refractivity contribution in [3.63, 3.8) is 0 Å². The number of carbonyl (C=O) groups excluding carboxylic acids is 1. The van der Waals surface area contributed by atoms with Gasteiger partial charge in [0.25, 0.3) is 0 Å². The third kappa shape index (κ3) is 3.49. The van der Waals surface area contributed by atoms with Crippen molar-refractivity contribution in [1.82, 2.24) is 5.32 Å². The van der Waals surface area contributed by atoms with Crippen molar-refractivity contribution < 1.29 is 24.5 Å². The Morgan fingerprint density at radius 2 is 2.27 bits per heavy atom. The lowest BCUT2D eigenvalue weighted by atomic mass is 10.2. The highest BCUT2D eigenvalue weighted by molar-refractivity contribution is 5.86. The Balaban J connectivity index is 2.42. The van der Waals surface area contributed by atoms with Crippen molar-refractivity contribution in [2.45, 2.75) is 31.4 Å². The summed E-state index contributed by atoms with van der Waals surface area (Å²) >= 11 is 0. The van der Waals surface area contributed by atoms with Crippen molar-refractivity contribution in [3.05, 3.63) is 0 Å². The van der Waals surface area contributed by atoms with Gasteiger partial charge in [0.15, 0.2) is 0 Å². The number of carbonyl (C=O) groups is 2. The summed E-state index contributed by atoms with van der Waals surface area (Å²) in [7, 11) is 0. The molecule has 86 valence electrons. The van der Waals surface area contributed by atoms with Gasteiger partial charge in [-0.3, -0.25) is 4.79 Å². The summed E-state index contributed by atoms with van der Waals surface area (Å²) in [6, 6.07) is -1.04. The molecule has 1 heterocycles. The van der Waals surface area contributed by atoms with Gasteiger partial charge in [0.2, 0.25) is 5.91 Å². The Hall–Kier alpha value is -1.14. The number of hydrogen-bond donors (Lipinski definition) is 3. The summed E-state index contributed by atoms with van der Waals surface area (Å²) in [5.74, 6) is -1.55. The number of aliphatic carboxylic acids is 1. The maximum atomic E-state index is 11.5. The monoisotopic (exact) mass is 217 g/mol. The first kappa shape index (κ1) is 11.9. The van der Waals surface area contributed by atoms with Crippen molar-refractivity contribution in [2.24, 2.45) is 0 Å². The van der Waals surface area contributed by atoms with Crippen molar-refractivity contribution in [1.29, 1.82) is 0 Å². The summed E-state index contributed by atoms with van der Waals surface area (Å²) in [5, 5.41) is 19.7. The highest BCUT2D eigenvalue weighted by Gasteiger charge is 2.27. The zero-order valence-corrected chi connectivity index (χ0v) is 8.31. The molecular weight excluding hydrogens is 202 g/mol. The fraction of sp³-hybridized carbons (Fsp3) is 0.778. The molecule has 0 spiro atoms. The Morgan fingerprint density at radius 1 is 1.53 bits per heavy atom. The first-order chi connectivity index (χ1) is 7.15. The smallest absolute Gasteiger partial charge is 0.326 e. The molecule has 1 unspecified atom stereocenters. The van der Waals surface area contributed by atoms with E-state index in [0.29, 0.717) is 13.0 Å². The number of carboxylic acids is 1. The fourth-order valence-corrected chi connectivity index (χ4v) is 1.44. The topological polar surface area (TPSA) is 95.9 Å². The minimum atomic E-state index is -1.14. The number of nitrogens with one attached hydrogen (secondary N) is 1. The summed E-state index contributed by atoms with van der Waals surface area (Å²) < 4.78 is 5.11. The van der Waals surface area contributed by atoms with Gasteiger partial charge >= 0.3 is 5.97 Å². The second-order valence-corrected chi connectivity index (χ2v) is 3.41. The van der Waals surface area contributed by atoms with E-state index >= 15 is 0 Å². The second-order valence-electron chi connectivity index (χ2n) is 3.41. The van der Waals surface area contributed by atoms with Gasteiger partial charge in [-0.1, -0.05) is 0 Å². The molecule has 1 rings (SSSR count). The van der Waals surface area contributed by atoms with E-state index in [1.54, 1.807) is 0 Å². The molecule has 15 heavy (non-hydrogen) atoms. The number of amides is 1. The average molecular weight is 217 g/mol. The van der Waals surface area contributed by atoms with Crippen LogP contribution >= 0.6 is 0 Å². The Kier molecular flexibility index (Phi) is 4.51. The molecule has 6 nitrogen and oxygen atoms in total. The van der Waals surface area contributed by atoms with Gasteiger partial charge in [0.1, 0.15) is 12.1 Å². The van der Waals surface area contributed by atoms with E-state index in [9.17, 15) is 9.59 Å². The lowest BCUT2D eigenvalue weighted by molar-refractivity contribution is -0.144. The SMILES string of the molecule is O=C(O)C(CCO)NC(=O)[C@@H]1CCCO1. The van der Waals surface area contributed by atoms with Gasteiger partial charge in [-0.05, 0) is 12.8 Å². The molecule has 1 amide bonds. The third-order valence-corrected chi connectivity index (χ3v) is 2.25. The molecular formula is C9H15NO5. The molecule has 3 N–H and O–H groups in total.